The molecule has 2 rings (SSSR count). The first-order valence-corrected chi connectivity index (χ1v) is 8.62. The standard InChI is InChI=1S/C19H27NO4/c1-4-14(3)24-16-10-13(2)6-7-15(16)12-20-17(21)11-19(18(22)23)8-5-9-19/h6-7,10,14H,4-5,8-9,11-12H2,1-3H3,(H,20,21)(H,22,23). The monoisotopic (exact) mass is 333 g/mol. The third-order valence-corrected chi connectivity index (χ3v) is 4.87. The third kappa shape index (κ3) is 4.28. The summed E-state index contributed by atoms with van der Waals surface area (Å²) in [6, 6.07) is 5.90. The Hall–Kier alpha value is -2.04. The quantitative estimate of drug-likeness (QED) is 0.764. The summed E-state index contributed by atoms with van der Waals surface area (Å²) < 4.78 is 5.93. The van der Waals surface area contributed by atoms with E-state index in [0.29, 0.717) is 19.4 Å². The van der Waals surface area contributed by atoms with Crippen molar-refractivity contribution in [2.45, 2.75) is 65.5 Å². The average molecular weight is 333 g/mol. The Kier molecular flexibility index (Phi) is 5.86. The van der Waals surface area contributed by atoms with E-state index in [1.807, 2.05) is 32.0 Å². The topological polar surface area (TPSA) is 75.6 Å². The molecule has 0 bridgehead atoms. The fourth-order valence-corrected chi connectivity index (χ4v) is 2.85. The molecule has 0 saturated heterocycles. The van der Waals surface area contributed by atoms with Crippen molar-refractivity contribution >= 4 is 11.9 Å². The van der Waals surface area contributed by atoms with Crippen LogP contribution < -0.4 is 10.1 Å². The summed E-state index contributed by atoms with van der Waals surface area (Å²) in [6.07, 6.45) is 3.11. The largest absolute Gasteiger partial charge is 0.490 e. The number of carbonyl (C=O) groups is 2. The van der Waals surface area contributed by atoms with Crippen LogP contribution in [0.3, 0.4) is 0 Å². The summed E-state index contributed by atoms with van der Waals surface area (Å²) in [6.45, 7) is 6.42. The third-order valence-electron chi connectivity index (χ3n) is 4.87. The Morgan fingerprint density at radius 1 is 1.38 bits per heavy atom. The molecule has 1 aromatic rings. The lowest BCUT2D eigenvalue weighted by Gasteiger charge is -2.36. The van der Waals surface area contributed by atoms with E-state index in [-0.39, 0.29) is 18.4 Å². The SMILES string of the molecule is CCC(C)Oc1cc(C)ccc1CNC(=O)CC1(C(=O)O)CCC1. The van der Waals surface area contributed by atoms with Crippen LogP contribution in [0.15, 0.2) is 18.2 Å². The Morgan fingerprint density at radius 2 is 2.08 bits per heavy atom. The second kappa shape index (κ2) is 7.69. The maximum Gasteiger partial charge on any atom is 0.310 e. The molecule has 132 valence electrons. The Morgan fingerprint density at radius 3 is 2.62 bits per heavy atom. The molecule has 5 heteroatoms. The van der Waals surface area contributed by atoms with Gasteiger partial charge in [-0.3, -0.25) is 9.59 Å². The number of hydrogen-bond donors (Lipinski definition) is 2. The number of ether oxygens (including phenoxy) is 1. The maximum absolute atomic E-state index is 12.2. The summed E-state index contributed by atoms with van der Waals surface area (Å²) in [4.78, 5) is 23.5. The van der Waals surface area contributed by atoms with Gasteiger partial charge in [0.25, 0.3) is 0 Å². The van der Waals surface area contributed by atoms with Crippen LogP contribution in [0.5, 0.6) is 5.75 Å². The van der Waals surface area contributed by atoms with Crippen molar-refractivity contribution in [1.82, 2.24) is 5.32 Å². The second-order valence-electron chi connectivity index (χ2n) is 6.84. The highest BCUT2D eigenvalue weighted by Gasteiger charge is 2.45. The maximum atomic E-state index is 12.2. The lowest BCUT2D eigenvalue weighted by atomic mass is 9.66. The number of carbonyl (C=O) groups excluding carboxylic acids is 1. The van der Waals surface area contributed by atoms with Crippen molar-refractivity contribution in [3.63, 3.8) is 0 Å². The van der Waals surface area contributed by atoms with Gasteiger partial charge in [0.15, 0.2) is 0 Å². The molecule has 2 N–H and O–H groups in total. The van der Waals surface area contributed by atoms with Crippen molar-refractivity contribution < 1.29 is 19.4 Å². The number of aryl methyl sites for hydroxylation is 1. The molecule has 0 aromatic heterocycles. The van der Waals surface area contributed by atoms with Crippen LogP contribution in [0.25, 0.3) is 0 Å². The van der Waals surface area contributed by atoms with Gasteiger partial charge in [0.2, 0.25) is 5.91 Å². The van der Waals surface area contributed by atoms with Crippen LogP contribution in [-0.2, 0) is 16.1 Å². The number of benzene rings is 1. The number of carboxylic acid groups (broad SMARTS) is 1. The Balaban J connectivity index is 1.98. The molecule has 0 heterocycles. The molecule has 1 saturated carbocycles. The lowest BCUT2D eigenvalue weighted by molar-refractivity contribution is -0.157. The molecule has 1 aromatic carbocycles. The van der Waals surface area contributed by atoms with Gasteiger partial charge in [-0.2, -0.15) is 0 Å². The van der Waals surface area contributed by atoms with Crippen LogP contribution in [-0.4, -0.2) is 23.1 Å². The van der Waals surface area contributed by atoms with Gasteiger partial charge in [0, 0.05) is 18.5 Å². The van der Waals surface area contributed by atoms with E-state index in [1.54, 1.807) is 0 Å². The summed E-state index contributed by atoms with van der Waals surface area (Å²) in [5.74, 6) is -0.298. The zero-order chi connectivity index (χ0) is 17.7. The minimum atomic E-state index is -0.861. The van der Waals surface area contributed by atoms with Crippen LogP contribution in [0.2, 0.25) is 0 Å². The number of rotatable bonds is 8. The van der Waals surface area contributed by atoms with Crippen molar-refractivity contribution in [1.29, 1.82) is 0 Å². The van der Waals surface area contributed by atoms with Crippen LogP contribution in [0.1, 0.15) is 57.1 Å². The molecule has 0 radical (unpaired) electrons. The van der Waals surface area contributed by atoms with Crippen LogP contribution >= 0.6 is 0 Å². The molecular weight excluding hydrogens is 306 g/mol. The molecule has 5 nitrogen and oxygen atoms in total. The second-order valence-corrected chi connectivity index (χ2v) is 6.84. The average Bonchev–Trinajstić information content (AvgIpc) is 2.49. The van der Waals surface area contributed by atoms with Crippen LogP contribution in [0.4, 0.5) is 0 Å². The highest BCUT2D eigenvalue weighted by molar-refractivity contribution is 5.85. The zero-order valence-corrected chi connectivity index (χ0v) is 14.7. The van der Waals surface area contributed by atoms with Gasteiger partial charge in [-0.1, -0.05) is 25.5 Å². The van der Waals surface area contributed by atoms with Crippen molar-refractivity contribution in [2.24, 2.45) is 5.41 Å². The first-order valence-electron chi connectivity index (χ1n) is 8.62. The molecule has 1 aliphatic rings. The fourth-order valence-electron chi connectivity index (χ4n) is 2.85. The molecule has 1 amide bonds. The summed E-state index contributed by atoms with van der Waals surface area (Å²) in [5.41, 5.74) is 1.16. The van der Waals surface area contributed by atoms with Crippen molar-refractivity contribution in [3.8, 4) is 5.75 Å². The highest BCUT2D eigenvalue weighted by atomic mass is 16.5. The molecule has 1 aliphatic carbocycles. The molecular formula is C19H27NO4. The van der Waals surface area contributed by atoms with E-state index in [2.05, 4.69) is 12.2 Å². The molecule has 1 fully saturated rings. The summed E-state index contributed by atoms with van der Waals surface area (Å²) >= 11 is 0. The fraction of sp³-hybridized carbons (Fsp3) is 0.579. The number of carboxylic acids is 1. The number of amides is 1. The van der Waals surface area contributed by atoms with Gasteiger partial charge in [-0.25, -0.2) is 0 Å². The normalized spacial score (nSPS) is 16.8. The van der Waals surface area contributed by atoms with Gasteiger partial charge in [0.1, 0.15) is 5.75 Å². The van der Waals surface area contributed by atoms with E-state index >= 15 is 0 Å². The number of hydrogen-bond acceptors (Lipinski definition) is 3. The molecule has 24 heavy (non-hydrogen) atoms. The predicted octanol–water partition coefficient (Wildman–Crippen LogP) is 3.43. The van der Waals surface area contributed by atoms with E-state index in [1.165, 1.54) is 0 Å². The van der Waals surface area contributed by atoms with Gasteiger partial charge in [-0.05, 0) is 44.7 Å². The first-order chi connectivity index (χ1) is 11.4. The van der Waals surface area contributed by atoms with Crippen molar-refractivity contribution in [2.75, 3.05) is 0 Å². The zero-order valence-electron chi connectivity index (χ0n) is 14.7. The van der Waals surface area contributed by atoms with E-state index in [9.17, 15) is 14.7 Å². The molecule has 1 atom stereocenters. The Bertz CT molecular complexity index is 607. The minimum absolute atomic E-state index is 0.0513. The summed E-state index contributed by atoms with van der Waals surface area (Å²) in [5, 5.41) is 12.2. The van der Waals surface area contributed by atoms with E-state index < -0.39 is 11.4 Å². The molecule has 0 aliphatic heterocycles. The smallest absolute Gasteiger partial charge is 0.310 e. The van der Waals surface area contributed by atoms with Gasteiger partial charge < -0.3 is 15.2 Å². The molecule has 1 unspecified atom stereocenters. The Labute approximate surface area is 143 Å². The van der Waals surface area contributed by atoms with E-state index in [0.717, 1.165) is 29.7 Å². The first kappa shape index (κ1) is 18.3. The minimum Gasteiger partial charge on any atom is -0.490 e. The summed E-state index contributed by atoms with van der Waals surface area (Å²) in [7, 11) is 0. The predicted molar refractivity (Wildman–Crippen MR) is 91.9 cm³/mol. The lowest BCUT2D eigenvalue weighted by Crippen LogP contribution is -2.42. The number of nitrogens with one attached hydrogen (secondary N) is 1. The van der Waals surface area contributed by atoms with Gasteiger partial charge in [0.05, 0.1) is 11.5 Å². The van der Waals surface area contributed by atoms with Crippen LogP contribution in [0, 0.1) is 12.3 Å². The number of aliphatic carboxylic acids is 1. The van der Waals surface area contributed by atoms with Gasteiger partial charge in [-0.15, -0.1) is 0 Å². The van der Waals surface area contributed by atoms with E-state index in [4.69, 9.17) is 4.74 Å². The van der Waals surface area contributed by atoms with Gasteiger partial charge >= 0.3 is 5.97 Å². The van der Waals surface area contributed by atoms with Crippen molar-refractivity contribution in [3.05, 3.63) is 29.3 Å². The highest BCUT2D eigenvalue weighted by Crippen LogP contribution is 2.44. The molecule has 0 spiro atoms.